The molecule has 31 heavy (non-hydrogen) atoms. The van der Waals surface area contributed by atoms with Gasteiger partial charge in [-0.2, -0.15) is 13.2 Å². The number of halogens is 3. The van der Waals surface area contributed by atoms with E-state index in [1.165, 1.54) is 23.6 Å². The number of aromatic nitrogens is 2. The summed E-state index contributed by atoms with van der Waals surface area (Å²) >= 11 is 1.40. The Kier molecular flexibility index (Phi) is 6.04. The second-order valence-corrected chi connectivity index (χ2v) is 12.0. The summed E-state index contributed by atoms with van der Waals surface area (Å²) in [6.45, 7) is 2.21. The predicted octanol–water partition coefficient (Wildman–Crippen LogP) is 4.02. The van der Waals surface area contributed by atoms with Crippen molar-refractivity contribution in [1.29, 1.82) is 0 Å². The van der Waals surface area contributed by atoms with Crippen LogP contribution in [0.15, 0.2) is 18.3 Å². The summed E-state index contributed by atoms with van der Waals surface area (Å²) < 4.78 is 64.0. The lowest BCUT2D eigenvalue weighted by Crippen LogP contribution is -2.44. The molecule has 170 valence electrons. The molecule has 0 unspecified atom stereocenters. The van der Waals surface area contributed by atoms with Crippen molar-refractivity contribution < 1.29 is 21.6 Å². The molecule has 2 fully saturated rings. The minimum Gasteiger partial charge on any atom is -0.359 e. The lowest BCUT2D eigenvalue weighted by atomic mass is 9.85. The number of nitrogens with two attached hydrogens (primary N) is 1. The third kappa shape index (κ3) is 4.73. The lowest BCUT2D eigenvalue weighted by molar-refractivity contribution is -0.141. The summed E-state index contributed by atoms with van der Waals surface area (Å²) in [6.07, 6.45) is 0.214. The van der Waals surface area contributed by atoms with Crippen LogP contribution in [0.25, 0.3) is 11.3 Å². The zero-order chi connectivity index (χ0) is 22.4. The fourth-order valence-electron chi connectivity index (χ4n) is 4.24. The maximum atomic E-state index is 12.9. The van der Waals surface area contributed by atoms with Gasteiger partial charge in [0.15, 0.2) is 15.0 Å². The Hall–Kier alpha value is -1.72. The molecule has 0 aliphatic heterocycles. The topological polar surface area (TPSA) is 98.0 Å². The monoisotopic (exact) mass is 474 g/mol. The molecule has 6 nitrogen and oxygen atoms in total. The summed E-state index contributed by atoms with van der Waals surface area (Å²) in [4.78, 5) is 8.91. The average Bonchev–Trinajstić information content (AvgIpc) is 3.52. The molecule has 2 aromatic heterocycles. The molecule has 4 rings (SSSR count). The van der Waals surface area contributed by atoms with Gasteiger partial charge in [-0.15, -0.1) is 11.3 Å². The van der Waals surface area contributed by atoms with Crippen molar-refractivity contribution in [1.82, 2.24) is 9.97 Å². The van der Waals surface area contributed by atoms with E-state index < -0.39 is 27.0 Å². The fraction of sp³-hybridized carbons (Fsp3) is 0.600. The van der Waals surface area contributed by atoms with Gasteiger partial charge in [-0.3, -0.25) is 4.98 Å². The first-order valence-corrected chi connectivity index (χ1v) is 12.7. The van der Waals surface area contributed by atoms with Crippen LogP contribution in [0.4, 0.5) is 18.3 Å². The van der Waals surface area contributed by atoms with Crippen LogP contribution in [0, 0.1) is 12.8 Å². The van der Waals surface area contributed by atoms with Gasteiger partial charge >= 0.3 is 6.18 Å². The summed E-state index contributed by atoms with van der Waals surface area (Å²) in [7, 11) is -3.17. The van der Waals surface area contributed by atoms with Crippen LogP contribution in [0.1, 0.15) is 42.7 Å². The van der Waals surface area contributed by atoms with E-state index in [1.807, 2.05) is 6.92 Å². The molecular formula is C20H25F3N4O2S2. The van der Waals surface area contributed by atoms with Crippen LogP contribution in [0.3, 0.4) is 0 Å². The normalized spacial score (nSPS) is 24.9. The van der Waals surface area contributed by atoms with Crippen LogP contribution in [0.2, 0.25) is 0 Å². The number of nitrogens with one attached hydrogen (secondary N) is 1. The van der Waals surface area contributed by atoms with E-state index in [0.29, 0.717) is 29.4 Å². The largest absolute Gasteiger partial charge is 0.433 e. The van der Waals surface area contributed by atoms with Crippen molar-refractivity contribution in [2.75, 3.05) is 11.9 Å². The van der Waals surface area contributed by atoms with Gasteiger partial charge in [-0.1, -0.05) is 0 Å². The van der Waals surface area contributed by atoms with Gasteiger partial charge in [0, 0.05) is 22.7 Å². The average molecular weight is 475 g/mol. The Labute approximate surface area is 183 Å². The molecule has 2 heterocycles. The molecule has 2 saturated carbocycles. The number of thiazole rings is 1. The van der Waals surface area contributed by atoms with Crippen LogP contribution in [-0.2, 0) is 16.0 Å². The van der Waals surface area contributed by atoms with E-state index in [2.05, 4.69) is 15.3 Å². The second-order valence-electron chi connectivity index (χ2n) is 8.33. The number of alkyl halides is 3. The number of rotatable bonds is 6. The number of hydrogen-bond acceptors (Lipinski definition) is 7. The van der Waals surface area contributed by atoms with E-state index >= 15 is 0 Å². The van der Waals surface area contributed by atoms with Crippen molar-refractivity contribution in [3.8, 4) is 11.3 Å². The molecule has 0 spiro atoms. The molecule has 0 radical (unpaired) electrons. The Balaban J connectivity index is 1.49. The molecule has 3 N–H and O–H groups in total. The number of nitrogens with zero attached hydrogens (tertiary/aromatic N) is 2. The number of hydrogen-bond donors (Lipinski definition) is 2. The smallest absolute Gasteiger partial charge is 0.359 e. The van der Waals surface area contributed by atoms with E-state index in [4.69, 9.17) is 5.73 Å². The third-order valence-corrected chi connectivity index (χ3v) is 9.82. The van der Waals surface area contributed by atoms with Gasteiger partial charge in [-0.05, 0) is 63.6 Å². The van der Waals surface area contributed by atoms with Crippen LogP contribution >= 0.6 is 11.3 Å². The van der Waals surface area contributed by atoms with E-state index in [0.717, 1.165) is 36.6 Å². The summed E-state index contributed by atoms with van der Waals surface area (Å²) in [5, 5.41) is 3.34. The fourth-order valence-corrected chi connectivity index (χ4v) is 7.73. The van der Waals surface area contributed by atoms with Crippen molar-refractivity contribution in [3.63, 3.8) is 0 Å². The van der Waals surface area contributed by atoms with Gasteiger partial charge < -0.3 is 11.1 Å². The van der Waals surface area contributed by atoms with Crippen LogP contribution in [0.5, 0.6) is 0 Å². The SMILES string of the molecule is Cc1sc(N[C@@H]2CC[C@@H](CN)[C@H](S(=O)(=O)C3CC3)C2)nc1-c1ccc(C(F)(F)F)nc1. The van der Waals surface area contributed by atoms with Crippen molar-refractivity contribution >= 4 is 26.3 Å². The van der Waals surface area contributed by atoms with E-state index in [9.17, 15) is 21.6 Å². The molecule has 2 aliphatic carbocycles. The predicted molar refractivity (Wildman–Crippen MR) is 115 cm³/mol. The maximum Gasteiger partial charge on any atom is 0.433 e. The highest BCUT2D eigenvalue weighted by atomic mass is 32.2. The molecule has 2 aromatic rings. The first-order valence-electron chi connectivity index (χ1n) is 10.3. The number of sulfone groups is 1. The van der Waals surface area contributed by atoms with E-state index in [-0.39, 0.29) is 17.2 Å². The van der Waals surface area contributed by atoms with Gasteiger partial charge in [0.05, 0.1) is 16.2 Å². The number of anilines is 1. The summed E-state index contributed by atoms with van der Waals surface area (Å²) in [5.74, 6) is -0.0181. The quantitative estimate of drug-likeness (QED) is 0.656. The van der Waals surface area contributed by atoms with Gasteiger partial charge in [-0.25, -0.2) is 13.4 Å². The van der Waals surface area contributed by atoms with E-state index in [1.54, 1.807) is 0 Å². The molecule has 11 heteroatoms. The lowest BCUT2D eigenvalue weighted by Gasteiger charge is -2.35. The highest BCUT2D eigenvalue weighted by Crippen LogP contribution is 2.40. The zero-order valence-electron chi connectivity index (χ0n) is 17.0. The first kappa shape index (κ1) is 22.5. The molecule has 0 saturated heterocycles. The first-order chi connectivity index (χ1) is 14.6. The summed E-state index contributed by atoms with van der Waals surface area (Å²) in [5.41, 5.74) is 6.01. The van der Waals surface area contributed by atoms with Crippen molar-refractivity contribution in [3.05, 3.63) is 28.9 Å². The number of aryl methyl sites for hydroxylation is 1. The molecule has 0 aromatic carbocycles. The molecule has 3 atom stereocenters. The van der Waals surface area contributed by atoms with Gasteiger partial charge in [0.1, 0.15) is 5.69 Å². The second kappa shape index (κ2) is 8.32. The van der Waals surface area contributed by atoms with Crippen molar-refractivity contribution in [2.24, 2.45) is 11.7 Å². The molecule has 2 aliphatic rings. The highest BCUT2D eigenvalue weighted by Gasteiger charge is 2.46. The highest BCUT2D eigenvalue weighted by molar-refractivity contribution is 7.92. The standard InChI is InChI=1S/C20H25F3N4O2S2/c1-11-18(13-3-7-17(25-10-13)20(21,22)23)27-19(30-11)26-14-4-2-12(9-24)16(8-14)31(28,29)15-5-6-15/h3,7,10,12,14-16H,2,4-6,8-9,24H2,1H3,(H,26,27)/t12-,14+,16+/m0/s1. The van der Waals surface area contributed by atoms with Crippen LogP contribution < -0.4 is 11.1 Å². The maximum absolute atomic E-state index is 12.9. The Morgan fingerprint density at radius 2 is 1.97 bits per heavy atom. The van der Waals surface area contributed by atoms with Gasteiger partial charge in [0.25, 0.3) is 0 Å². The number of pyridine rings is 1. The Morgan fingerprint density at radius 1 is 1.23 bits per heavy atom. The third-order valence-electron chi connectivity index (χ3n) is 6.09. The minimum atomic E-state index is -4.48. The van der Waals surface area contributed by atoms with Gasteiger partial charge in [0.2, 0.25) is 0 Å². The molecule has 0 bridgehead atoms. The van der Waals surface area contributed by atoms with Crippen LogP contribution in [-0.4, -0.2) is 41.5 Å². The van der Waals surface area contributed by atoms with Crippen molar-refractivity contribution in [2.45, 2.75) is 61.7 Å². The zero-order valence-corrected chi connectivity index (χ0v) is 18.7. The molecular weight excluding hydrogens is 449 g/mol. The Bertz CT molecular complexity index is 1030. The summed E-state index contributed by atoms with van der Waals surface area (Å²) in [6, 6.07) is 2.28. The Morgan fingerprint density at radius 3 is 2.55 bits per heavy atom. The minimum absolute atomic E-state index is 0.0181. The molecule has 0 amide bonds.